The molecule has 0 aromatic heterocycles. The molecule has 0 saturated carbocycles. The monoisotopic (exact) mass is 370 g/mol. The summed E-state index contributed by atoms with van der Waals surface area (Å²) in [6, 6.07) is 26.3. The van der Waals surface area contributed by atoms with Crippen molar-refractivity contribution in [2.45, 2.75) is 6.61 Å². The second kappa shape index (κ2) is 8.72. The minimum absolute atomic E-state index is 0.379. The quantitative estimate of drug-likeness (QED) is 0.417. The summed E-state index contributed by atoms with van der Waals surface area (Å²) in [7, 11) is 0. The van der Waals surface area contributed by atoms with Gasteiger partial charge in [0.25, 0.3) is 0 Å². The second-order valence-corrected chi connectivity index (χ2v) is 6.25. The zero-order chi connectivity index (χ0) is 19.1. The Morgan fingerprint density at radius 2 is 1.74 bits per heavy atom. The van der Waals surface area contributed by atoms with Crippen LogP contribution < -0.4 is 4.74 Å². The first-order valence-electron chi connectivity index (χ1n) is 8.28. The third kappa shape index (κ3) is 4.76. The normalized spacial score (nSPS) is 10.7. The highest BCUT2D eigenvalue weighted by Crippen LogP contribution is 2.26. The third-order valence-corrected chi connectivity index (χ3v) is 4.18. The number of rotatable bonds is 5. The van der Waals surface area contributed by atoms with E-state index in [1.54, 1.807) is 30.3 Å². The van der Waals surface area contributed by atoms with Gasteiger partial charge < -0.3 is 4.74 Å². The summed E-state index contributed by atoms with van der Waals surface area (Å²) in [6.07, 6.45) is 1.79. The van der Waals surface area contributed by atoms with Crippen LogP contribution in [0.25, 0.3) is 11.6 Å². The Morgan fingerprint density at radius 1 is 0.963 bits per heavy atom. The van der Waals surface area contributed by atoms with Crippen LogP contribution in [0.3, 0.4) is 0 Å². The molecule has 3 aromatic rings. The topological polar surface area (TPSA) is 56.8 Å². The zero-order valence-electron chi connectivity index (χ0n) is 14.4. The standard InChI is InChI=1S/C23H15ClN2O/c24-22-6-3-4-18(12-22)16-27-23-7-2-1-5-20(23)13-21(15-26)19-10-8-17(14-25)9-11-19/h1-13H,16H2. The average Bonchev–Trinajstić information content (AvgIpc) is 2.71. The molecule has 0 spiro atoms. The molecule has 0 saturated heterocycles. The van der Waals surface area contributed by atoms with Gasteiger partial charge in [-0.05, 0) is 47.5 Å². The molecular formula is C23H15ClN2O. The summed E-state index contributed by atoms with van der Waals surface area (Å²) in [6.45, 7) is 0.379. The lowest BCUT2D eigenvalue weighted by Gasteiger charge is -2.10. The van der Waals surface area contributed by atoms with Crippen molar-refractivity contribution in [3.63, 3.8) is 0 Å². The Morgan fingerprint density at radius 3 is 2.44 bits per heavy atom. The molecule has 0 bridgehead atoms. The van der Waals surface area contributed by atoms with Crippen LogP contribution in [0.4, 0.5) is 0 Å². The molecular weight excluding hydrogens is 356 g/mol. The fraction of sp³-hybridized carbons (Fsp3) is 0.0435. The van der Waals surface area contributed by atoms with Gasteiger partial charge in [-0.25, -0.2) is 0 Å². The number of allylic oxidation sites excluding steroid dienone is 1. The van der Waals surface area contributed by atoms with Crippen molar-refractivity contribution in [1.29, 1.82) is 10.5 Å². The molecule has 0 radical (unpaired) electrons. The SMILES string of the molecule is N#CC(=Cc1ccccc1OCc1cccc(Cl)c1)c1ccc(C#N)cc1. The molecule has 0 aliphatic heterocycles. The lowest BCUT2D eigenvalue weighted by atomic mass is 10.0. The van der Waals surface area contributed by atoms with Crippen LogP contribution >= 0.6 is 11.6 Å². The van der Waals surface area contributed by atoms with Crippen molar-refractivity contribution in [3.05, 3.63) is 100 Å². The zero-order valence-corrected chi connectivity index (χ0v) is 15.1. The van der Waals surface area contributed by atoms with Crippen molar-refractivity contribution >= 4 is 23.3 Å². The first-order valence-corrected chi connectivity index (χ1v) is 8.66. The van der Waals surface area contributed by atoms with Crippen LogP contribution in [0.2, 0.25) is 5.02 Å². The molecule has 0 N–H and O–H groups in total. The molecule has 0 atom stereocenters. The molecule has 0 aliphatic carbocycles. The fourth-order valence-corrected chi connectivity index (χ4v) is 2.79. The minimum atomic E-state index is 0.379. The lowest BCUT2D eigenvalue weighted by molar-refractivity contribution is 0.305. The number of nitrogens with zero attached hydrogens (tertiary/aromatic N) is 2. The Kier molecular flexibility index (Phi) is 5.90. The van der Waals surface area contributed by atoms with Crippen LogP contribution in [-0.4, -0.2) is 0 Å². The Balaban J connectivity index is 1.86. The summed E-state index contributed by atoms with van der Waals surface area (Å²) in [5.41, 5.74) is 3.58. The summed E-state index contributed by atoms with van der Waals surface area (Å²) in [4.78, 5) is 0. The second-order valence-electron chi connectivity index (χ2n) is 5.82. The number of para-hydroxylation sites is 1. The molecule has 130 valence electrons. The number of benzene rings is 3. The number of nitriles is 2. The Bertz CT molecular complexity index is 1060. The first kappa shape index (κ1) is 18.3. The van der Waals surface area contributed by atoms with Gasteiger partial charge in [-0.3, -0.25) is 0 Å². The van der Waals surface area contributed by atoms with Crippen molar-refractivity contribution in [1.82, 2.24) is 0 Å². The number of hydrogen-bond donors (Lipinski definition) is 0. The van der Waals surface area contributed by atoms with Crippen LogP contribution in [0.1, 0.15) is 22.3 Å². The van der Waals surface area contributed by atoms with Gasteiger partial charge in [0.2, 0.25) is 0 Å². The number of halogens is 1. The largest absolute Gasteiger partial charge is 0.488 e. The van der Waals surface area contributed by atoms with E-state index in [-0.39, 0.29) is 0 Å². The van der Waals surface area contributed by atoms with Crippen molar-refractivity contribution in [3.8, 4) is 17.9 Å². The van der Waals surface area contributed by atoms with E-state index in [0.29, 0.717) is 28.5 Å². The van der Waals surface area contributed by atoms with E-state index in [1.807, 2.05) is 48.5 Å². The van der Waals surface area contributed by atoms with E-state index in [2.05, 4.69) is 12.1 Å². The highest BCUT2D eigenvalue weighted by Gasteiger charge is 2.06. The molecule has 4 heteroatoms. The van der Waals surface area contributed by atoms with E-state index < -0.39 is 0 Å². The van der Waals surface area contributed by atoms with Crippen LogP contribution in [0, 0.1) is 22.7 Å². The van der Waals surface area contributed by atoms with Gasteiger partial charge in [-0.2, -0.15) is 10.5 Å². The molecule has 3 nitrogen and oxygen atoms in total. The Hall–Kier alpha value is -3.53. The first-order chi connectivity index (χ1) is 13.2. The summed E-state index contributed by atoms with van der Waals surface area (Å²) in [5.74, 6) is 0.680. The maximum Gasteiger partial charge on any atom is 0.127 e. The van der Waals surface area contributed by atoms with E-state index >= 15 is 0 Å². The van der Waals surface area contributed by atoms with Crippen molar-refractivity contribution in [2.75, 3.05) is 0 Å². The Labute approximate surface area is 163 Å². The third-order valence-electron chi connectivity index (χ3n) is 3.95. The predicted octanol–water partition coefficient (Wildman–Crippen LogP) is 5.85. The molecule has 0 amide bonds. The molecule has 0 heterocycles. The van der Waals surface area contributed by atoms with E-state index in [1.165, 1.54) is 0 Å². The number of ether oxygens (including phenoxy) is 1. The average molecular weight is 371 g/mol. The highest BCUT2D eigenvalue weighted by atomic mass is 35.5. The maximum atomic E-state index is 9.56. The fourth-order valence-electron chi connectivity index (χ4n) is 2.58. The van der Waals surface area contributed by atoms with E-state index in [4.69, 9.17) is 21.6 Å². The maximum absolute atomic E-state index is 9.56. The number of hydrogen-bond acceptors (Lipinski definition) is 3. The van der Waals surface area contributed by atoms with Crippen molar-refractivity contribution in [2.24, 2.45) is 0 Å². The highest BCUT2D eigenvalue weighted by molar-refractivity contribution is 6.30. The van der Waals surface area contributed by atoms with Crippen LogP contribution in [0.15, 0.2) is 72.8 Å². The lowest BCUT2D eigenvalue weighted by Crippen LogP contribution is -1.97. The summed E-state index contributed by atoms with van der Waals surface area (Å²) < 4.78 is 5.94. The van der Waals surface area contributed by atoms with Gasteiger partial charge in [0.15, 0.2) is 0 Å². The van der Waals surface area contributed by atoms with Gasteiger partial charge in [0.1, 0.15) is 12.4 Å². The summed E-state index contributed by atoms with van der Waals surface area (Å²) >= 11 is 6.01. The van der Waals surface area contributed by atoms with E-state index in [9.17, 15) is 5.26 Å². The smallest absolute Gasteiger partial charge is 0.127 e. The molecule has 27 heavy (non-hydrogen) atoms. The predicted molar refractivity (Wildman–Crippen MR) is 107 cm³/mol. The molecule has 3 rings (SSSR count). The molecule has 0 aliphatic rings. The minimum Gasteiger partial charge on any atom is -0.488 e. The van der Waals surface area contributed by atoms with Gasteiger partial charge in [0.05, 0.1) is 23.3 Å². The van der Waals surface area contributed by atoms with Gasteiger partial charge >= 0.3 is 0 Å². The van der Waals surface area contributed by atoms with Gasteiger partial charge in [-0.1, -0.05) is 54.1 Å². The van der Waals surface area contributed by atoms with Crippen molar-refractivity contribution < 1.29 is 4.74 Å². The van der Waals surface area contributed by atoms with Crippen LogP contribution in [0.5, 0.6) is 5.75 Å². The molecule has 3 aromatic carbocycles. The van der Waals surface area contributed by atoms with Gasteiger partial charge in [0, 0.05) is 10.6 Å². The molecule has 0 fully saturated rings. The van der Waals surface area contributed by atoms with E-state index in [0.717, 1.165) is 16.7 Å². The molecule has 0 unspecified atom stereocenters. The van der Waals surface area contributed by atoms with Crippen LogP contribution in [-0.2, 0) is 6.61 Å². The summed E-state index contributed by atoms with van der Waals surface area (Å²) in [5, 5.41) is 19.1. The van der Waals surface area contributed by atoms with Gasteiger partial charge in [-0.15, -0.1) is 0 Å².